The number of halogens is 2. The predicted octanol–water partition coefficient (Wildman–Crippen LogP) is 2.85. The summed E-state index contributed by atoms with van der Waals surface area (Å²) in [4.78, 5) is 8.32. The van der Waals surface area contributed by atoms with Crippen molar-refractivity contribution in [3.8, 4) is 0 Å². The van der Waals surface area contributed by atoms with Gasteiger partial charge in [0.2, 0.25) is 0 Å². The molecule has 5 rings (SSSR count). The number of aliphatic hydroxyl groups is 1. The number of hydrogen-bond acceptors (Lipinski definition) is 6. The van der Waals surface area contributed by atoms with Gasteiger partial charge in [-0.05, 0) is 48.2 Å². The van der Waals surface area contributed by atoms with E-state index in [1.807, 2.05) is 12.3 Å². The molecule has 2 saturated carbocycles. The average Bonchev–Trinajstić information content (AvgIpc) is 3.25. The summed E-state index contributed by atoms with van der Waals surface area (Å²) in [5, 5.41) is 14.6. The van der Waals surface area contributed by atoms with Gasteiger partial charge in [0.1, 0.15) is 29.6 Å². The Kier molecular flexibility index (Phi) is 4.69. The number of alkyl halides is 1. The van der Waals surface area contributed by atoms with E-state index in [-0.39, 0.29) is 11.5 Å². The van der Waals surface area contributed by atoms with Crippen LogP contribution in [0.5, 0.6) is 0 Å². The lowest BCUT2D eigenvalue weighted by atomic mass is 10.1. The summed E-state index contributed by atoms with van der Waals surface area (Å²) in [6.45, 7) is 1.70. The molecule has 3 aliphatic rings. The molecule has 0 bridgehead atoms. The SMILES string of the molecule is Nc1ncnc2c1c(Br)cn2[C@@H]1O[C@H](/C=C/CCCNCC23CC2(F)C3)C[C@H]1O. The Labute approximate surface area is 176 Å². The van der Waals surface area contributed by atoms with Crippen molar-refractivity contribution < 1.29 is 14.2 Å². The molecule has 7 nitrogen and oxygen atoms in total. The van der Waals surface area contributed by atoms with Gasteiger partial charge in [-0.1, -0.05) is 12.2 Å². The van der Waals surface area contributed by atoms with E-state index in [0.717, 1.165) is 48.6 Å². The highest BCUT2D eigenvalue weighted by Gasteiger charge is 2.84. The smallest absolute Gasteiger partial charge is 0.162 e. The third kappa shape index (κ3) is 3.37. The topological polar surface area (TPSA) is 98.2 Å². The second-order valence-corrected chi connectivity index (χ2v) is 9.41. The number of nitrogens with one attached hydrogen (secondary N) is 1. The quantitative estimate of drug-likeness (QED) is 0.409. The van der Waals surface area contributed by atoms with Gasteiger partial charge in [0, 0.05) is 29.1 Å². The minimum atomic E-state index is -0.810. The first-order valence-corrected chi connectivity index (χ1v) is 10.9. The maximum Gasteiger partial charge on any atom is 0.162 e. The Morgan fingerprint density at radius 1 is 1.45 bits per heavy atom. The molecule has 3 atom stereocenters. The number of fused-ring (bicyclic) bond motifs is 2. The Morgan fingerprint density at radius 3 is 3.00 bits per heavy atom. The largest absolute Gasteiger partial charge is 0.388 e. The molecule has 0 aromatic carbocycles. The summed E-state index contributed by atoms with van der Waals surface area (Å²) < 4.78 is 22.2. The summed E-state index contributed by atoms with van der Waals surface area (Å²) in [5.74, 6) is 0.387. The highest BCUT2D eigenvalue weighted by atomic mass is 79.9. The number of anilines is 1. The summed E-state index contributed by atoms with van der Waals surface area (Å²) in [6.07, 6.45) is 9.98. The Morgan fingerprint density at radius 2 is 2.24 bits per heavy atom. The van der Waals surface area contributed by atoms with Crippen molar-refractivity contribution in [3.05, 3.63) is 29.1 Å². The van der Waals surface area contributed by atoms with Crippen molar-refractivity contribution in [1.82, 2.24) is 19.9 Å². The van der Waals surface area contributed by atoms with Crippen molar-refractivity contribution in [2.45, 2.75) is 56.2 Å². The van der Waals surface area contributed by atoms with Crippen LogP contribution in [-0.4, -0.2) is 50.6 Å². The summed E-state index contributed by atoms with van der Waals surface area (Å²) >= 11 is 3.49. The van der Waals surface area contributed by atoms with Crippen LogP contribution in [0.3, 0.4) is 0 Å². The second-order valence-electron chi connectivity index (χ2n) is 8.56. The van der Waals surface area contributed by atoms with Crippen LogP contribution in [0.25, 0.3) is 11.0 Å². The van der Waals surface area contributed by atoms with Crippen LogP contribution < -0.4 is 11.1 Å². The summed E-state index contributed by atoms with van der Waals surface area (Å²) in [5.41, 5.74) is 5.77. The van der Waals surface area contributed by atoms with Crippen LogP contribution in [0, 0.1) is 5.41 Å². The third-order valence-corrected chi connectivity index (χ3v) is 7.06. The van der Waals surface area contributed by atoms with E-state index in [4.69, 9.17) is 10.5 Å². The molecule has 2 aliphatic carbocycles. The van der Waals surface area contributed by atoms with Gasteiger partial charge in [0.05, 0.1) is 11.5 Å². The maximum atomic E-state index is 13.5. The van der Waals surface area contributed by atoms with Gasteiger partial charge in [-0.3, -0.25) is 0 Å². The molecular formula is C20H25BrFN5O2. The lowest BCUT2D eigenvalue weighted by Gasteiger charge is -2.17. The first-order valence-electron chi connectivity index (χ1n) is 10.1. The minimum Gasteiger partial charge on any atom is -0.388 e. The number of ether oxygens (including phenoxy) is 1. The van der Waals surface area contributed by atoms with Gasteiger partial charge in [-0.15, -0.1) is 0 Å². The first-order chi connectivity index (χ1) is 13.9. The van der Waals surface area contributed by atoms with Gasteiger partial charge in [0.25, 0.3) is 0 Å². The molecule has 9 heteroatoms. The molecule has 0 amide bonds. The van der Waals surface area contributed by atoms with Crippen LogP contribution in [0.4, 0.5) is 10.2 Å². The van der Waals surface area contributed by atoms with Crippen molar-refractivity contribution in [3.63, 3.8) is 0 Å². The predicted molar refractivity (Wildman–Crippen MR) is 111 cm³/mol. The van der Waals surface area contributed by atoms with Crippen molar-refractivity contribution in [2.75, 3.05) is 18.8 Å². The number of aromatic nitrogens is 3. The molecular weight excluding hydrogens is 441 g/mol. The van der Waals surface area contributed by atoms with E-state index in [1.54, 1.807) is 4.57 Å². The monoisotopic (exact) mass is 465 g/mol. The van der Waals surface area contributed by atoms with Gasteiger partial charge >= 0.3 is 0 Å². The molecule has 1 aliphatic heterocycles. The molecule has 4 N–H and O–H groups in total. The Balaban J connectivity index is 1.12. The zero-order valence-corrected chi connectivity index (χ0v) is 17.6. The molecule has 2 aromatic rings. The van der Waals surface area contributed by atoms with E-state index >= 15 is 0 Å². The van der Waals surface area contributed by atoms with Gasteiger partial charge in [0.15, 0.2) is 6.23 Å². The normalized spacial score (nSPS) is 35.5. The summed E-state index contributed by atoms with van der Waals surface area (Å²) in [6, 6.07) is 0. The molecule has 156 valence electrons. The number of aliphatic hydroxyl groups excluding tert-OH is 1. The molecule has 0 radical (unpaired) electrons. The van der Waals surface area contributed by atoms with Crippen LogP contribution in [0.2, 0.25) is 0 Å². The van der Waals surface area contributed by atoms with Crippen LogP contribution in [0.15, 0.2) is 29.1 Å². The van der Waals surface area contributed by atoms with Gasteiger partial charge in [-0.25, -0.2) is 14.4 Å². The van der Waals surface area contributed by atoms with E-state index in [0.29, 0.717) is 17.9 Å². The summed E-state index contributed by atoms with van der Waals surface area (Å²) in [7, 11) is 0. The Bertz CT molecular complexity index is 958. The zero-order valence-electron chi connectivity index (χ0n) is 16.0. The molecule has 29 heavy (non-hydrogen) atoms. The fourth-order valence-electron chi connectivity index (χ4n) is 4.45. The van der Waals surface area contributed by atoms with E-state index in [9.17, 15) is 9.50 Å². The van der Waals surface area contributed by atoms with Crippen LogP contribution >= 0.6 is 15.9 Å². The maximum absolute atomic E-state index is 13.5. The van der Waals surface area contributed by atoms with Gasteiger partial charge in [-0.2, -0.15) is 0 Å². The number of unbranched alkanes of at least 4 members (excludes halogenated alkanes) is 1. The molecule has 0 spiro atoms. The average molecular weight is 466 g/mol. The molecule has 2 aromatic heterocycles. The molecule has 3 heterocycles. The second kappa shape index (κ2) is 7.01. The molecule has 3 fully saturated rings. The van der Waals surface area contributed by atoms with E-state index < -0.39 is 18.0 Å². The highest BCUT2D eigenvalue weighted by Crippen LogP contribution is 2.80. The lowest BCUT2D eigenvalue weighted by Crippen LogP contribution is -2.20. The minimum absolute atomic E-state index is 0.00110. The van der Waals surface area contributed by atoms with E-state index in [2.05, 4.69) is 37.3 Å². The first kappa shape index (κ1) is 19.4. The number of nitrogens with two attached hydrogens (primary N) is 1. The number of nitrogen functional groups attached to an aromatic ring is 1. The number of nitrogens with zero attached hydrogens (tertiary/aromatic N) is 3. The number of rotatable bonds is 8. The van der Waals surface area contributed by atoms with Crippen molar-refractivity contribution >= 4 is 32.8 Å². The highest BCUT2D eigenvalue weighted by molar-refractivity contribution is 9.10. The van der Waals surface area contributed by atoms with Crippen LogP contribution in [0.1, 0.15) is 38.3 Å². The third-order valence-electron chi connectivity index (χ3n) is 6.46. The molecule has 1 saturated heterocycles. The zero-order chi connectivity index (χ0) is 20.2. The fourth-order valence-corrected chi connectivity index (χ4v) is 5.05. The standard InChI is InChI=1S/C20H25BrFN5O2/c21-13-7-27(17-15(13)16(23)25-11-26-17)18-14(28)6-12(29-18)4-2-1-3-5-24-10-19-8-20(19,22)9-19/h2,4,7,11-12,14,18,24,28H,1,3,5-6,8-10H2,(H2,23,25,26)/b4-2+/t12-,14-,18-,19?,20?/m1/s1. The Hall–Kier alpha value is -1.55. The van der Waals surface area contributed by atoms with Crippen LogP contribution in [-0.2, 0) is 4.74 Å². The molecule has 0 unspecified atom stereocenters. The number of hydrogen-bond donors (Lipinski definition) is 3. The van der Waals surface area contributed by atoms with Gasteiger partial charge < -0.3 is 25.5 Å². The van der Waals surface area contributed by atoms with Crippen molar-refractivity contribution in [1.29, 1.82) is 0 Å². The van der Waals surface area contributed by atoms with E-state index in [1.165, 1.54) is 6.33 Å². The lowest BCUT2D eigenvalue weighted by molar-refractivity contribution is -0.0225. The van der Waals surface area contributed by atoms with Crippen molar-refractivity contribution in [2.24, 2.45) is 5.41 Å². The fraction of sp³-hybridized carbons (Fsp3) is 0.600. The number of allylic oxidation sites excluding steroid dienone is 1.